The Kier molecular flexibility index (Phi) is 6.96. The molecule has 0 saturated carbocycles. The highest BCUT2D eigenvalue weighted by Crippen LogP contribution is 2.34. The third-order valence-corrected chi connectivity index (χ3v) is 5.23. The highest BCUT2D eigenvalue weighted by molar-refractivity contribution is 6.01. The van der Waals surface area contributed by atoms with Crippen molar-refractivity contribution in [2.45, 2.75) is 25.9 Å². The Bertz CT molecular complexity index is 958. The van der Waals surface area contributed by atoms with Gasteiger partial charge in [0.15, 0.2) is 23.0 Å². The minimum Gasteiger partial charge on any atom is -0.490 e. The van der Waals surface area contributed by atoms with E-state index >= 15 is 0 Å². The van der Waals surface area contributed by atoms with Crippen LogP contribution in [-0.2, 0) is 4.79 Å². The molecule has 0 aromatic heterocycles. The van der Waals surface area contributed by atoms with Crippen molar-refractivity contribution in [1.82, 2.24) is 10.2 Å². The van der Waals surface area contributed by atoms with E-state index in [1.807, 2.05) is 36.1 Å². The molecule has 0 atom stereocenters. The average molecular weight is 441 g/mol. The number of anilines is 1. The van der Waals surface area contributed by atoms with Crippen molar-refractivity contribution in [2.24, 2.45) is 0 Å². The fourth-order valence-corrected chi connectivity index (χ4v) is 3.69. The summed E-state index contributed by atoms with van der Waals surface area (Å²) in [7, 11) is 0. The van der Waals surface area contributed by atoms with Crippen LogP contribution in [0.4, 0.5) is 10.5 Å². The smallest absolute Gasteiger partial charge is 0.325 e. The van der Waals surface area contributed by atoms with Crippen LogP contribution in [0, 0.1) is 0 Å². The van der Waals surface area contributed by atoms with Crippen LogP contribution in [0.25, 0.3) is 0 Å². The van der Waals surface area contributed by atoms with E-state index in [0.717, 1.165) is 24.3 Å². The predicted octanol–water partition coefficient (Wildman–Crippen LogP) is 3.01. The molecule has 0 bridgehead atoms. The molecule has 2 N–H and O–H groups in total. The summed E-state index contributed by atoms with van der Waals surface area (Å²) >= 11 is 0. The van der Waals surface area contributed by atoms with Gasteiger partial charge in [-0.2, -0.15) is 0 Å². The van der Waals surface area contributed by atoms with Gasteiger partial charge in [0.2, 0.25) is 12.7 Å². The Morgan fingerprint density at radius 1 is 1.06 bits per heavy atom. The van der Waals surface area contributed by atoms with Gasteiger partial charge in [-0.05, 0) is 44.0 Å². The van der Waals surface area contributed by atoms with E-state index in [4.69, 9.17) is 18.9 Å². The van der Waals surface area contributed by atoms with Crippen molar-refractivity contribution < 1.29 is 28.5 Å². The molecule has 2 heterocycles. The predicted molar refractivity (Wildman–Crippen MR) is 117 cm³/mol. The lowest BCUT2D eigenvalue weighted by Gasteiger charge is -2.31. The molecule has 2 aliphatic heterocycles. The quantitative estimate of drug-likeness (QED) is 0.682. The van der Waals surface area contributed by atoms with Gasteiger partial charge >= 0.3 is 6.03 Å². The number of likely N-dealkylation sites (tertiary alicyclic amines) is 1. The van der Waals surface area contributed by atoms with Crippen LogP contribution >= 0.6 is 0 Å². The van der Waals surface area contributed by atoms with E-state index in [9.17, 15) is 9.59 Å². The molecule has 2 aliphatic rings. The maximum absolute atomic E-state index is 12.3. The number of para-hydroxylation sites is 2. The standard InChI is InChI=1S/C23H27N3O6/c1-2-29-18-5-3-4-6-20(18)32-17-9-11-26(12-10-17)14-22(27)25-23(28)24-16-7-8-19-21(13-16)31-15-30-19/h3-8,13,17H,2,9-12,14-15H2,1H3,(H2,24,25,27,28). The van der Waals surface area contributed by atoms with Crippen LogP contribution in [0.3, 0.4) is 0 Å². The molecule has 170 valence electrons. The Labute approximate surface area is 186 Å². The molecule has 1 saturated heterocycles. The van der Waals surface area contributed by atoms with Crippen molar-refractivity contribution in [3.63, 3.8) is 0 Å². The Morgan fingerprint density at radius 3 is 2.59 bits per heavy atom. The first kappa shape index (κ1) is 21.8. The van der Waals surface area contributed by atoms with Crippen LogP contribution < -0.4 is 29.6 Å². The van der Waals surface area contributed by atoms with Crippen molar-refractivity contribution in [3.8, 4) is 23.0 Å². The minimum absolute atomic E-state index is 0.0604. The number of piperidine rings is 1. The van der Waals surface area contributed by atoms with Crippen LogP contribution in [-0.4, -0.2) is 56.0 Å². The Morgan fingerprint density at radius 2 is 1.81 bits per heavy atom. The number of rotatable bonds is 7. The fourth-order valence-electron chi connectivity index (χ4n) is 3.69. The number of nitrogens with one attached hydrogen (secondary N) is 2. The number of hydrogen-bond acceptors (Lipinski definition) is 7. The number of urea groups is 1. The van der Waals surface area contributed by atoms with E-state index in [-0.39, 0.29) is 25.3 Å². The number of nitrogens with zero attached hydrogens (tertiary/aromatic N) is 1. The first-order valence-electron chi connectivity index (χ1n) is 10.7. The molecule has 4 rings (SSSR count). The molecule has 32 heavy (non-hydrogen) atoms. The Hall–Kier alpha value is -3.46. The van der Waals surface area contributed by atoms with Crippen LogP contribution in [0.15, 0.2) is 42.5 Å². The zero-order chi connectivity index (χ0) is 22.3. The van der Waals surface area contributed by atoms with E-state index in [1.165, 1.54) is 0 Å². The van der Waals surface area contributed by atoms with Crippen molar-refractivity contribution >= 4 is 17.6 Å². The van der Waals surface area contributed by atoms with Crippen molar-refractivity contribution in [1.29, 1.82) is 0 Å². The molecule has 9 nitrogen and oxygen atoms in total. The molecule has 1 fully saturated rings. The number of carbonyl (C=O) groups is 2. The first-order chi connectivity index (χ1) is 15.6. The number of hydrogen-bond donors (Lipinski definition) is 2. The van der Waals surface area contributed by atoms with E-state index in [1.54, 1.807) is 18.2 Å². The maximum Gasteiger partial charge on any atom is 0.325 e. The Balaban J connectivity index is 1.19. The summed E-state index contributed by atoms with van der Waals surface area (Å²) in [6.45, 7) is 4.24. The van der Waals surface area contributed by atoms with Gasteiger partial charge < -0.3 is 24.3 Å². The molecule has 9 heteroatoms. The van der Waals surface area contributed by atoms with Crippen molar-refractivity contribution in [2.75, 3.05) is 38.4 Å². The normalized spacial score (nSPS) is 15.8. The third kappa shape index (κ3) is 5.61. The summed E-state index contributed by atoms with van der Waals surface area (Å²) < 4.78 is 22.3. The van der Waals surface area contributed by atoms with Crippen LogP contribution in [0.2, 0.25) is 0 Å². The van der Waals surface area contributed by atoms with Gasteiger partial charge in [0.05, 0.1) is 13.2 Å². The molecule has 0 aliphatic carbocycles. The zero-order valence-electron chi connectivity index (χ0n) is 18.0. The number of imide groups is 1. The summed E-state index contributed by atoms with van der Waals surface area (Å²) in [5.74, 6) is 2.31. The first-order valence-corrected chi connectivity index (χ1v) is 10.7. The molecule has 2 aromatic rings. The lowest BCUT2D eigenvalue weighted by atomic mass is 10.1. The molecular formula is C23H27N3O6. The van der Waals surface area contributed by atoms with E-state index in [0.29, 0.717) is 36.9 Å². The SMILES string of the molecule is CCOc1ccccc1OC1CCN(CC(=O)NC(=O)Nc2ccc3c(c2)OCO3)CC1. The number of ether oxygens (including phenoxy) is 4. The van der Waals surface area contributed by atoms with E-state index in [2.05, 4.69) is 10.6 Å². The molecule has 0 radical (unpaired) electrons. The van der Waals surface area contributed by atoms with Gasteiger partial charge in [-0.1, -0.05) is 12.1 Å². The molecular weight excluding hydrogens is 414 g/mol. The van der Waals surface area contributed by atoms with Crippen LogP contribution in [0.1, 0.15) is 19.8 Å². The zero-order valence-corrected chi connectivity index (χ0v) is 18.0. The average Bonchev–Trinajstić information content (AvgIpc) is 3.24. The van der Waals surface area contributed by atoms with Gasteiger partial charge in [0.1, 0.15) is 6.10 Å². The van der Waals surface area contributed by atoms with Gasteiger partial charge in [-0.3, -0.25) is 15.0 Å². The van der Waals surface area contributed by atoms with Gasteiger partial charge in [-0.15, -0.1) is 0 Å². The molecule has 2 aromatic carbocycles. The number of carbonyl (C=O) groups excluding carboxylic acids is 2. The fraction of sp³-hybridized carbons (Fsp3) is 0.391. The second-order valence-electron chi connectivity index (χ2n) is 7.54. The lowest BCUT2D eigenvalue weighted by molar-refractivity contribution is -0.121. The lowest BCUT2D eigenvalue weighted by Crippen LogP contribution is -2.45. The highest BCUT2D eigenvalue weighted by atomic mass is 16.7. The van der Waals surface area contributed by atoms with E-state index < -0.39 is 6.03 Å². The molecule has 0 unspecified atom stereocenters. The van der Waals surface area contributed by atoms with Gasteiger partial charge in [0.25, 0.3) is 0 Å². The minimum atomic E-state index is -0.584. The summed E-state index contributed by atoms with van der Waals surface area (Å²) in [4.78, 5) is 26.4. The second-order valence-corrected chi connectivity index (χ2v) is 7.54. The van der Waals surface area contributed by atoms with Gasteiger partial charge in [0, 0.05) is 24.8 Å². The van der Waals surface area contributed by atoms with Gasteiger partial charge in [-0.25, -0.2) is 4.79 Å². The largest absolute Gasteiger partial charge is 0.490 e. The summed E-state index contributed by atoms with van der Waals surface area (Å²) in [6, 6.07) is 12.1. The highest BCUT2D eigenvalue weighted by Gasteiger charge is 2.23. The van der Waals surface area contributed by atoms with Crippen LogP contribution in [0.5, 0.6) is 23.0 Å². The topological polar surface area (TPSA) is 98.4 Å². The number of fused-ring (bicyclic) bond motifs is 1. The second kappa shape index (κ2) is 10.2. The number of benzene rings is 2. The summed E-state index contributed by atoms with van der Waals surface area (Å²) in [5, 5.41) is 5.00. The summed E-state index contributed by atoms with van der Waals surface area (Å²) in [6.07, 6.45) is 1.64. The number of amides is 3. The monoisotopic (exact) mass is 441 g/mol. The molecule has 0 spiro atoms. The third-order valence-electron chi connectivity index (χ3n) is 5.23. The summed E-state index contributed by atoms with van der Waals surface area (Å²) in [5.41, 5.74) is 0.518. The maximum atomic E-state index is 12.3. The van der Waals surface area contributed by atoms with Crippen molar-refractivity contribution in [3.05, 3.63) is 42.5 Å². The molecule has 3 amide bonds.